The van der Waals surface area contributed by atoms with Crippen LogP contribution in [-0.4, -0.2) is 4.57 Å². The summed E-state index contributed by atoms with van der Waals surface area (Å²) in [7, 11) is 0. The van der Waals surface area contributed by atoms with Crippen LogP contribution in [0, 0.1) is 0 Å². The summed E-state index contributed by atoms with van der Waals surface area (Å²) in [4.78, 5) is 0. The van der Waals surface area contributed by atoms with E-state index in [9.17, 15) is 0 Å². The van der Waals surface area contributed by atoms with Crippen molar-refractivity contribution in [2.24, 2.45) is 0 Å². The number of benzene rings is 5. The largest absolute Gasteiger partial charge is 0.309 e. The third-order valence-electron chi connectivity index (χ3n) is 6.09. The second-order valence-corrected chi connectivity index (χ2v) is 8.80. The van der Waals surface area contributed by atoms with Crippen molar-refractivity contribution >= 4 is 37.7 Å². The lowest BCUT2D eigenvalue weighted by Gasteiger charge is -2.13. The van der Waals surface area contributed by atoms with E-state index in [1.807, 2.05) is 0 Å². The zero-order chi connectivity index (χ0) is 21.5. The predicted octanol–water partition coefficient (Wildman–Crippen LogP) is 8.88. The molecule has 0 unspecified atom stereocenters. The standard InChI is InChI=1S/C30H20BrN/c31-28-16-8-6-14-25(28)24-13-5-4-12-23(24)21-18-19-27-26-15-7-9-17-29(26)32(30(27)20-21)22-10-2-1-3-11-22/h1-20H. The zero-order valence-corrected chi connectivity index (χ0v) is 19.0. The highest BCUT2D eigenvalue weighted by atomic mass is 79.9. The van der Waals surface area contributed by atoms with Crippen molar-refractivity contribution in [3.8, 4) is 27.9 Å². The summed E-state index contributed by atoms with van der Waals surface area (Å²) in [6.07, 6.45) is 0. The van der Waals surface area contributed by atoms with Crippen LogP contribution in [0.25, 0.3) is 49.7 Å². The molecule has 1 heterocycles. The van der Waals surface area contributed by atoms with E-state index in [0.29, 0.717) is 0 Å². The smallest absolute Gasteiger partial charge is 0.0547 e. The Morgan fingerprint density at radius 2 is 1.09 bits per heavy atom. The molecule has 0 spiro atoms. The normalized spacial score (nSPS) is 11.3. The Morgan fingerprint density at radius 3 is 1.91 bits per heavy atom. The molecule has 0 atom stereocenters. The van der Waals surface area contributed by atoms with Crippen molar-refractivity contribution in [3.05, 3.63) is 126 Å². The molecule has 0 saturated carbocycles. The number of para-hydroxylation sites is 2. The molecule has 0 aliphatic rings. The molecule has 0 N–H and O–H groups in total. The van der Waals surface area contributed by atoms with Gasteiger partial charge in [0.15, 0.2) is 0 Å². The molecule has 0 amide bonds. The van der Waals surface area contributed by atoms with Crippen molar-refractivity contribution in [1.82, 2.24) is 4.57 Å². The maximum atomic E-state index is 3.74. The fourth-order valence-corrected chi connectivity index (χ4v) is 5.14. The Morgan fingerprint density at radius 1 is 0.469 bits per heavy atom. The second kappa shape index (κ2) is 7.81. The molecule has 2 heteroatoms. The van der Waals surface area contributed by atoms with Crippen LogP contribution in [0.2, 0.25) is 0 Å². The van der Waals surface area contributed by atoms with Crippen LogP contribution in [0.1, 0.15) is 0 Å². The number of hydrogen-bond donors (Lipinski definition) is 0. The van der Waals surface area contributed by atoms with E-state index in [-0.39, 0.29) is 0 Å². The number of hydrogen-bond acceptors (Lipinski definition) is 0. The maximum Gasteiger partial charge on any atom is 0.0547 e. The van der Waals surface area contributed by atoms with Crippen LogP contribution in [-0.2, 0) is 0 Å². The van der Waals surface area contributed by atoms with E-state index in [4.69, 9.17) is 0 Å². The quantitative estimate of drug-likeness (QED) is 0.241. The average Bonchev–Trinajstić information content (AvgIpc) is 3.18. The van der Waals surface area contributed by atoms with Gasteiger partial charge in [0.1, 0.15) is 0 Å². The Balaban J connectivity index is 1.65. The molecule has 32 heavy (non-hydrogen) atoms. The molecule has 5 aromatic carbocycles. The zero-order valence-electron chi connectivity index (χ0n) is 17.4. The third-order valence-corrected chi connectivity index (χ3v) is 6.78. The first-order valence-electron chi connectivity index (χ1n) is 10.7. The molecule has 6 rings (SSSR count). The number of halogens is 1. The second-order valence-electron chi connectivity index (χ2n) is 7.95. The molecule has 152 valence electrons. The summed E-state index contributed by atoms with van der Waals surface area (Å²) >= 11 is 3.74. The summed E-state index contributed by atoms with van der Waals surface area (Å²) in [5.41, 5.74) is 8.49. The first kappa shape index (κ1) is 19.1. The molecule has 6 aromatic rings. The maximum absolute atomic E-state index is 3.74. The van der Waals surface area contributed by atoms with Crippen molar-refractivity contribution < 1.29 is 0 Å². The van der Waals surface area contributed by atoms with Gasteiger partial charge in [-0.05, 0) is 52.6 Å². The highest BCUT2D eigenvalue weighted by molar-refractivity contribution is 9.10. The van der Waals surface area contributed by atoms with Crippen molar-refractivity contribution in [2.45, 2.75) is 0 Å². The summed E-state index contributed by atoms with van der Waals surface area (Å²) in [5.74, 6) is 0. The van der Waals surface area contributed by atoms with E-state index >= 15 is 0 Å². The van der Waals surface area contributed by atoms with Gasteiger partial charge >= 0.3 is 0 Å². The summed E-state index contributed by atoms with van der Waals surface area (Å²) < 4.78 is 3.47. The molecule has 1 nitrogen and oxygen atoms in total. The van der Waals surface area contributed by atoms with Gasteiger partial charge in [-0.1, -0.05) is 107 Å². The summed E-state index contributed by atoms with van der Waals surface area (Å²) in [6.45, 7) is 0. The van der Waals surface area contributed by atoms with Gasteiger partial charge in [-0.3, -0.25) is 0 Å². The van der Waals surface area contributed by atoms with Gasteiger partial charge in [0, 0.05) is 20.9 Å². The van der Waals surface area contributed by atoms with E-state index in [1.165, 1.54) is 49.7 Å². The van der Waals surface area contributed by atoms with E-state index in [2.05, 4.69) is 142 Å². The van der Waals surface area contributed by atoms with Crippen LogP contribution < -0.4 is 0 Å². The van der Waals surface area contributed by atoms with Crippen molar-refractivity contribution in [1.29, 1.82) is 0 Å². The first-order valence-corrected chi connectivity index (χ1v) is 11.5. The molecule has 0 fully saturated rings. The topological polar surface area (TPSA) is 4.93 Å². The first-order chi connectivity index (χ1) is 15.8. The molecule has 0 aliphatic heterocycles. The fourth-order valence-electron chi connectivity index (χ4n) is 4.64. The molecule has 0 bridgehead atoms. The van der Waals surface area contributed by atoms with E-state index < -0.39 is 0 Å². The Bertz CT molecular complexity index is 1580. The lowest BCUT2D eigenvalue weighted by molar-refractivity contribution is 1.18. The van der Waals surface area contributed by atoms with Gasteiger partial charge < -0.3 is 4.57 Å². The molecule has 1 aromatic heterocycles. The van der Waals surface area contributed by atoms with Gasteiger partial charge in [-0.25, -0.2) is 0 Å². The minimum Gasteiger partial charge on any atom is -0.309 e. The van der Waals surface area contributed by atoms with Gasteiger partial charge in [-0.2, -0.15) is 0 Å². The SMILES string of the molecule is Brc1ccccc1-c1ccccc1-c1ccc2c3ccccc3n(-c3ccccc3)c2c1. The third kappa shape index (κ3) is 3.07. The lowest BCUT2D eigenvalue weighted by Crippen LogP contribution is -1.93. The monoisotopic (exact) mass is 473 g/mol. The Kier molecular flexibility index (Phi) is 4.66. The highest BCUT2D eigenvalue weighted by Gasteiger charge is 2.15. The lowest BCUT2D eigenvalue weighted by atomic mass is 9.94. The van der Waals surface area contributed by atoms with Crippen LogP contribution in [0.4, 0.5) is 0 Å². The molecular weight excluding hydrogens is 454 g/mol. The fraction of sp³-hybridized carbons (Fsp3) is 0. The minimum atomic E-state index is 1.10. The van der Waals surface area contributed by atoms with Gasteiger partial charge in [-0.15, -0.1) is 0 Å². The molecule has 0 aliphatic carbocycles. The van der Waals surface area contributed by atoms with Crippen molar-refractivity contribution in [3.63, 3.8) is 0 Å². The van der Waals surface area contributed by atoms with Gasteiger partial charge in [0.05, 0.1) is 11.0 Å². The minimum absolute atomic E-state index is 1.10. The Labute approximate surface area is 195 Å². The van der Waals surface area contributed by atoms with E-state index in [1.54, 1.807) is 0 Å². The summed E-state index contributed by atoms with van der Waals surface area (Å²) in [6, 6.07) is 43.2. The van der Waals surface area contributed by atoms with E-state index in [0.717, 1.165) is 4.47 Å². The van der Waals surface area contributed by atoms with Gasteiger partial charge in [0.25, 0.3) is 0 Å². The highest BCUT2D eigenvalue weighted by Crippen LogP contribution is 2.39. The van der Waals surface area contributed by atoms with Crippen LogP contribution >= 0.6 is 15.9 Å². The predicted molar refractivity (Wildman–Crippen MR) is 139 cm³/mol. The molecule has 0 saturated heterocycles. The number of aromatic nitrogens is 1. The summed E-state index contributed by atoms with van der Waals surface area (Å²) in [5, 5.41) is 2.54. The van der Waals surface area contributed by atoms with Gasteiger partial charge in [0.2, 0.25) is 0 Å². The number of nitrogens with zero attached hydrogens (tertiary/aromatic N) is 1. The average molecular weight is 474 g/mol. The number of rotatable bonds is 3. The molecular formula is C30H20BrN. The van der Waals surface area contributed by atoms with Crippen LogP contribution in [0.15, 0.2) is 126 Å². The van der Waals surface area contributed by atoms with Crippen LogP contribution in [0.3, 0.4) is 0 Å². The van der Waals surface area contributed by atoms with Crippen molar-refractivity contribution in [2.75, 3.05) is 0 Å². The Hall–Kier alpha value is -3.62. The van der Waals surface area contributed by atoms with Crippen LogP contribution in [0.5, 0.6) is 0 Å². The number of fused-ring (bicyclic) bond motifs is 3. The molecule has 0 radical (unpaired) electrons.